The Morgan fingerprint density at radius 3 is 2.82 bits per heavy atom. The second-order valence-corrected chi connectivity index (χ2v) is 5.14. The van der Waals surface area contributed by atoms with Crippen molar-refractivity contribution >= 4 is 11.9 Å². The number of nitrogens with zero attached hydrogens (tertiary/aromatic N) is 1. The van der Waals surface area contributed by atoms with Crippen LogP contribution in [0.2, 0.25) is 0 Å². The Balaban J connectivity index is 2.29. The summed E-state index contributed by atoms with van der Waals surface area (Å²) in [6.45, 7) is 8.06. The molecule has 0 bridgehead atoms. The quantitative estimate of drug-likeness (QED) is 0.479. The Hall–Kier alpha value is -1.98. The van der Waals surface area contributed by atoms with Gasteiger partial charge < -0.3 is 20.4 Å². The third-order valence-corrected chi connectivity index (χ3v) is 3.22. The van der Waals surface area contributed by atoms with Crippen LogP contribution in [0.5, 0.6) is 0 Å². The number of furan rings is 1. The van der Waals surface area contributed by atoms with Crippen molar-refractivity contribution in [3.63, 3.8) is 0 Å². The first-order chi connectivity index (χ1) is 10.7. The molecule has 0 fully saturated rings. The lowest BCUT2D eigenvalue weighted by Crippen LogP contribution is -2.40. The van der Waals surface area contributed by atoms with Gasteiger partial charge in [0, 0.05) is 38.5 Å². The molecule has 1 unspecified atom stereocenters. The van der Waals surface area contributed by atoms with Gasteiger partial charge in [0.05, 0.1) is 6.26 Å². The van der Waals surface area contributed by atoms with Gasteiger partial charge in [0.25, 0.3) is 0 Å². The summed E-state index contributed by atoms with van der Waals surface area (Å²) < 4.78 is 5.27. The Kier molecular flexibility index (Phi) is 8.79. The molecule has 0 spiro atoms. The molecule has 0 aliphatic heterocycles. The first-order valence-corrected chi connectivity index (χ1v) is 7.99. The number of aliphatic imine (C=N–C) groups is 1. The van der Waals surface area contributed by atoms with E-state index in [2.05, 4.69) is 27.9 Å². The van der Waals surface area contributed by atoms with Crippen molar-refractivity contribution in [2.24, 2.45) is 4.99 Å². The highest BCUT2D eigenvalue weighted by atomic mass is 16.3. The minimum absolute atomic E-state index is 0.0632. The van der Waals surface area contributed by atoms with E-state index in [-0.39, 0.29) is 11.9 Å². The smallest absolute Gasteiger partial charge is 0.221 e. The summed E-state index contributed by atoms with van der Waals surface area (Å²) in [5, 5.41) is 9.28. The van der Waals surface area contributed by atoms with Gasteiger partial charge in [-0.1, -0.05) is 6.92 Å². The van der Waals surface area contributed by atoms with Gasteiger partial charge in [-0.05, 0) is 32.4 Å². The number of amides is 1. The molecule has 1 heterocycles. The number of rotatable bonds is 9. The fraction of sp³-hybridized carbons (Fsp3) is 0.625. The molecule has 0 radical (unpaired) electrons. The highest BCUT2D eigenvalue weighted by Gasteiger charge is 2.05. The van der Waals surface area contributed by atoms with Crippen LogP contribution >= 0.6 is 0 Å². The summed E-state index contributed by atoms with van der Waals surface area (Å²) in [7, 11) is 0. The number of hydrogen-bond acceptors (Lipinski definition) is 3. The van der Waals surface area contributed by atoms with Crippen molar-refractivity contribution in [2.45, 2.75) is 46.1 Å². The lowest BCUT2D eigenvalue weighted by molar-refractivity contribution is -0.121. The number of carbonyl (C=O) groups excluding carboxylic acids is 1. The Morgan fingerprint density at radius 1 is 1.36 bits per heavy atom. The summed E-state index contributed by atoms with van der Waals surface area (Å²) >= 11 is 0. The average molecular weight is 308 g/mol. The molecule has 3 N–H and O–H groups in total. The molecule has 0 aliphatic carbocycles. The maximum absolute atomic E-state index is 11.7. The van der Waals surface area contributed by atoms with Crippen LogP contribution in [0, 0.1) is 0 Å². The lowest BCUT2D eigenvalue weighted by atomic mass is 10.2. The third kappa shape index (κ3) is 7.71. The molecule has 6 heteroatoms. The van der Waals surface area contributed by atoms with Gasteiger partial charge in [-0.3, -0.25) is 9.79 Å². The second-order valence-electron chi connectivity index (χ2n) is 5.14. The largest absolute Gasteiger partial charge is 0.469 e. The molecule has 6 nitrogen and oxygen atoms in total. The zero-order valence-corrected chi connectivity index (χ0v) is 13.8. The van der Waals surface area contributed by atoms with Gasteiger partial charge in [-0.25, -0.2) is 0 Å². The molecule has 22 heavy (non-hydrogen) atoms. The maximum atomic E-state index is 11.7. The Bertz CT molecular complexity index is 443. The van der Waals surface area contributed by atoms with Crippen LogP contribution in [0.25, 0.3) is 0 Å². The average Bonchev–Trinajstić information content (AvgIpc) is 3.00. The molecule has 1 atom stereocenters. The Morgan fingerprint density at radius 2 is 2.18 bits per heavy atom. The lowest BCUT2D eigenvalue weighted by Gasteiger charge is -2.13. The molecule has 1 amide bonds. The summed E-state index contributed by atoms with van der Waals surface area (Å²) in [6.07, 6.45) is 3.81. The van der Waals surface area contributed by atoms with Gasteiger partial charge in [-0.2, -0.15) is 0 Å². The summed E-state index contributed by atoms with van der Waals surface area (Å²) in [5.74, 6) is 1.71. The molecule has 0 saturated carbocycles. The highest BCUT2D eigenvalue weighted by Crippen LogP contribution is 2.00. The van der Waals surface area contributed by atoms with Crippen LogP contribution in [0.4, 0.5) is 0 Å². The first-order valence-electron chi connectivity index (χ1n) is 7.99. The van der Waals surface area contributed by atoms with Crippen LogP contribution in [-0.2, 0) is 11.2 Å². The SMILES string of the molecule is CCNC(=NCCc1ccco1)NCCC(=O)NC(C)CC. The maximum Gasteiger partial charge on any atom is 0.221 e. The third-order valence-electron chi connectivity index (χ3n) is 3.22. The highest BCUT2D eigenvalue weighted by molar-refractivity contribution is 5.81. The van der Waals surface area contributed by atoms with E-state index in [4.69, 9.17) is 4.42 Å². The number of nitrogens with one attached hydrogen (secondary N) is 3. The van der Waals surface area contributed by atoms with Crippen LogP contribution in [0.1, 0.15) is 39.4 Å². The fourth-order valence-corrected chi connectivity index (χ4v) is 1.82. The molecule has 0 aliphatic rings. The fourth-order valence-electron chi connectivity index (χ4n) is 1.82. The summed E-state index contributed by atoms with van der Waals surface area (Å²) in [6, 6.07) is 4.04. The number of guanidine groups is 1. The Labute approximate surface area is 132 Å². The van der Waals surface area contributed by atoms with Gasteiger partial charge in [0.2, 0.25) is 5.91 Å². The van der Waals surface area contributed by atoms with E-state index in [0.29, 0.717) is 19.5 Å². The van der Waals surface area contributed by atoms with Gasteiger partial charge in [0.15, 0.2) is 5.96 Å². The van der Waals surface area contributed by atoms with Crippen molar-refractivity contribution in [3.8, 4) is 0 Å². The number of hydrogen-bond donors (Lipinski definition) is 3. The van der Waals surface area contributed by atoms with Gasteiger partial charge in [-0.15, -0.1) is 0 Å². The van der Waals surface area contributed by atoms with Crippen molar-refractivity contribution in [1.29, 1.82) is 0 Å². The van der Waals surface area contributed by atoms with E-state index in [1.807, 2.05) is 26.0 Å². The molecule has 0 saturated heterocycles. The van der Waals surface area contributed by atoms with E-state index in [9.17, 15) is 4.79 Å². The zero-order valence-electron chi connectivity index (χ0n) is 13.8. The first kappa shape index (κ1) is 18.1. The molecule has 124 valence electrons. The molecule has 1 rings (SSSR count). The summed E-state index contributed by atoms with van der Waals surface area (Å²) in [5.41, 5.74) is 0. The van der Waals surface area contributed by atoms with Gasteiger partial charge in [0.1, 0.15) is 5.76 Å². The molecule has 0 aromatic carbocycles. The number of carbonyl (C=O) groups is 1. The van der Waals surface area contributed by atoms with Crippen LogP contribution < -0.4 is 16.0 Å². The normalized spacial score (nSPS) is 12.8. The van der Waals surface area contributed by atoms with Crippen molar-refractivity contribution < 1.29 is 9.21 Å². The molecular weight excluding hydrogens is 280 g/mol. The van der Waals surface area contributed by atoms with Crippen LogP contribution in [0.3, 0.4) is 0 Å². The van der Waals surface area contributed by atoms with E-state index in [0.717, 1.165) is 31.1 Å². The molecule has 1 aromatic rings. The zero-order chi connectivity index (χ0) is 16.2. The monoisotopic (exact) mass is 308 g/mol. The predicted molar refractivity (Wildman–Crippen MR) is 88.9 cm³/mol. The topological polar surface area (TPSA) is 78.7 Å². The van der Waals surface area contributed by atoms with Crippen molar-refractivity contribution in [1.82, 2.24) is 16.0 Å². The van der Waals surface area contributed by atoms with Crippen LogP contribution in [0.15, 0.2) is 27.8 Å². The van der Waals surface area contributed by atoms with Crippen molar-refractivity contribution in [3.05, 3.63) is 24.2 Å². The predicted octanol–water partition coefficient (Wildman–Crippen LogP) is 1.68. The van der Waals surface area contributed by atoms with E-state index in [1.54, 1.807) is 6.26 Å². The molecule has 1 aromatic heterocycles. The molecular formula is C16H28N4O2. The minimum atomic E-state index is 0.0632. The van der Waals surface area contributed by atoms with E-state index >= 15 is 0 Å². The van der Waals surface area contributed by atoms with E-state index in [1.165, 1.54) is 0 Å². The van der Waals surface area contributed by atoms with Gasteiger partial charge >= 0.3 is 0 Å². The second kappa shape index (κ2) is 10.7. The standard InChI is InChI=1S/C16H28N4O2/c1-4-13(3)20-15(21)9-11-19-16(17-5-2)18-10-8-14-7-6-12-22-14/h6-7,12-13H,4-5,8-11H2,1-3H3,(H,20,21)(H2,17,18,19). The van der Waals surface area contributed by atoms with Crippen molar-refractivity contribution in [2.75, 3.05) is 19.6 Å². The van der Waals surface area contributed by atoms with Crippen LogP contribution in [-0.4, -0.2) is 37.5 Å². The van der Waals surface area contributed by atoms with E-state index < -0.39 is 0 Å². The minimum Gasteiger partial charge on any atom is -0.469 e. The summed E-state index contributed by atoms with van der Waals surface area (Å²) in [4.78, 5) is 16.2.